The first-order chi connectivity index (χ1) is 11.1. The molecule has 0 amide bonds. The fourth-order valence-corrected chi connectivity index (χ4v) is 2.81. The molecule has 0 saturated heterocycles. The number of quaternary nitrogens is 2. The van der Waals surface area contributed by atoms with E-state index in [1.165, 1.54) is 0 Å². The summed E-state index contributed by atoms with van der Waals surface area (Å²) >= 11 is 0. The van der Waals surface area contributed by atoms with E-state index in [1.807, 2.05) is 28.2 Å². The van der Waals surface area contributed by atoms with Gasteiger partial charge in [-0.2, -0.15) is 0 Å². The molecule has 0 aromatic rings. The second-order valence-corrected chi connectivity index (χ2v) is 8.07. The number of aliphatic hydroxyl groups excluding tert-OH is 2. The number of ketones is 2. The quantitative estimate of drug-likeness (QED) is 0.206. The van der Waals surface area contributed by atoms with Crippen LogP contribution in [0.1, 0.15) is 38.5 Å². The van der Waals surface area contributed by atoms with Crippen LogP contribution in [0.2, 0.25) is 0 Å². The van der Waals surface area contributed by atoms with E-state index in [9.17, 15) is 9.59 Å². The molecular weight excluding hydrogens is 379 g/mol. The molecule has 0 aromatic heterocycles. The van der Waals surface area contributed by atoms with Crippen LogP contribution in [0, 0.1) is 0 Å². The van der Waals surface area contributed by atoms with E-state index in [2.05, 4.69) is 0 Å². The standard InChI is InChI=1S/C18H38N2O4.2ClH/c1-19(2,11-13-21)15-17(23)9-7-5-6-8-10-18(24)16-20(3,4)12-14-22;;/h21-22H,5-16H2,1-4H3;2*1H/q+2;;/p-2. The highest BCUT2D eigenvalue weighted by molar-refractivity contribution is 5.79. The molecule has 0 saturated carbocycles. The zero-order chi connectivity index (χ0) is 18.6. The Morgan fingerprint density at radius 2 is 0.962 bits per heavy atom. The van der Waals surface area contributed by atoms with Crippen molar-refractivity contribution < 1.29 is 53.6 Å². The Hall–Kier alpha value is -0.240. The van der Waals surface area contributed by atoms with Gasteiger partial charge in [-0.3, -0.25) is 9.59 Å². The van der Waals surface area contributed by atoms with Crippen LogP contribution in [0.25, 0.3) is 0 Å². The molecule has 0 aliphatic rings. The summed E-state index contributed by atoms with van der Waals surface area (Å²) < 4.78 is 1.07. The first-order valence-electron chi connectivity index (χ1n) is 9.01. The maximum absolute atomic E-state index is 11.9. The Kier molecular flexibility index (Phi) is 18.5. The van der Waals surface area contributed by atoms with Crippen molar-refractivity contribution in [2.45, 2.75) is 38.5 Å². The summed E-state index contributed by atoms with van der Waals surface area (Å²) in [6.45, 7) is 2.33. The minimum absolute atomic E-state index is 0. The molecule has 0 fully saturated rings. The number of carbonyl (C=O) groups is 2. The zero-order valence-corrected chi connectivity index (χ0v) is 18.4. The van der Waals surface area contributed by atoms with Gasteiger partial charge in [0, 0.05) is 12.8 Å². The van der Waals surface area contributed by atoms with Gasteiger partial charge in [0.2, 0.25) is 0 Å². The van der Waals surface area contributed by atoms with E-state index in [4.69, 9.17) is 10.2 Å². The predicted octanol–water partition coefficient (Wildman–Crippen LogP) is -5.39. The summed E-state index contributed by atoms with van der Waals surface area (Å²) in [6, 6.07) is 0. The molecular formula is C18H38Cl2N2O4. The lowest BCUT2D eigenvalue weighted by Crippen LogP contribution is -3.00. The smallest absolute Gasteiger partial charge is 0.186 e. The number of aliphatic hydroxyl groups is 2. The Morgan fingerprint density at radius 3 is 1.23 bits per heavy atom. The molecule has 158 valence electrons. The second kappa shape index (κ2) is 15.8. The van der Waals surface area contributed by atoms with E-state index < -0.39 is 0 Å². The molecule has 0 rings (SSSR count). The van der Waals surface area contributed by atoms with Gasteiger partial charge in [-0.15, -0.1) is 0 Å². The van der Waals surface area contributed by atoms with Crippen molar-refractivity contribution in [1.29, 1.82) is 0 Å². The molecule has 2 N–H and O–H groups in total. The third kappa shape index (κ3) is 17.2. The Bertz CT molecular complexity index is 355. The van der Waals surface area contributed by atoms with Crippen molar-refractivity contribution >= 4 is 11.6 Å². The van der Waals surface area contributed by atoms with Crippen molar-refractivity contribution in [3.05, 3.63) is 0 Å². The van der Waals surface area contributed by atoms with Crippen LogP contribution in [0.5, 0.6) is 0 Å². The van der Waals surface area contributed by atoms with E-state index in [0.717, 1.165) is 25.7 Å². The first kappa shape index (κ1) is 30.5. The van der Waals surface area contributed by atoms with Crippen molar-refractivity contribution in [2.24, 2.45) is 0 Å². The van der Waals surface area contributed by atoms with Gasteiger partial charge in [0.15, 0.2) is 11.6 Å². The number of hydrogen-bond donors (Lipinski definition) is 2. The number of likely N-dealkylation sites (N-methyl/N-ethyl adjacent to an activating group) is 2. The highest BCUT2D eigenvalue weighted by Crippen LogP contribution is 2.09. The maximum Gasteiger partial charge on any atom is 0.186 e. The summed E-state index contributed by atoms with van der Waals surface area (Å²) in [5.74, 6) is 0.486. The van der Waals surface area contributed by atoms with Crippen molar-refractivity contribution in [1.82, 2.24) is 0 Å². The summed E-state index contributed by atoms with van der Waals surface area (Å²) in [4.78, 5) is 23.8. The Labute approximate surface area is 171 Å². The molecule has 0 aliphatic heterocycles. The van der Waals surface area contributed by atoms with Gasteiger partial charge >= 0.3 is 0 Å². The van der Waals surface area contributed by atoms with Crippen molar-refractivity contribution in [3.63, 3.8) is 0 Å². The summed E-state index contributed by atoms with van der Waals surface area (Å²) in [6.07, 6.45) is 4.86. The third-order valence-electron chi connectivity index (χ3n) is 4.28. The molecule has 0 heterocycles. The molecule has 0 aromatic carbocycles. The van der Waals surface area contributed by atoms with Gasteiger partial charge in [0.25, 0.3) is 0 Å². The summed E-state index contributed by atoms with van der Waals surface area (Å²) in [5.41, 5.74) is 0. The lowest BCUT2D eigenvalue weighted by atomic mass is 10.1. The number of rotatable bonds is 15. The normalized spacial score (nSPS) is 11.5. The fraction of sp³-hybridized carbons (Fsp3) is 0.889. The average Bonchev–Trinajstić information content (AvgIpc) is 2.41. The molecule has 6 nitrogen and oxygen atoms in total. The van der Waals surface area contributed by atoms with Crippen molar-refractivity contribution in [2.75, 3.05) is 67.6 Å². The molecule has 26 heavy (non-hydrogen) atoms. The number of Topliss-reactive ketones (excluding diaryl/α,β-unsaturated/α-hetero) is 2. The van der Waals surface area contributed by atoms with Crippen LogP contribution in [-0.4, -0.2) is 98.3 Å². The number of carbonyl (C=O) groups excluding carboxylic acids is 2. The first-order valence-corrected chi connectivity index (χ1v) is 9.01. The minimum Gasteiger partial charge on any atom is -1.00 e. The van der Waals surface area contributed by atoms with Gasteiger partial charge < -0.3 is 44.0 Å². The van der Waals surface area contributed by atoms with Crippen LogP contribution in [0.4, 0.5) is 0 Å². The van der Waals surface area contributed by atoms with Gasteiger partial charge in [0.1, 0.15) is 26.2 Å². The lowest BCUT2D eigenvalue weighted by Gasteiger charge is -2.28. The highest BCUT2D eigenvalue weighted by Gasteiger charge is 2.20. The number of halogens is 2. The van der Waals surface area contributed by atoms with E-state index in [-0.39, 0.29) is 49.6 Å². The van der Waals surface area contributed by atoms with E-state index in [1.54, 1.807) is 0 Å². The fourth-order valence-electron chi connectivity index (χ4n) is 2.81. The van der Waals surface area contributed by atoms with Crippen LogP contribution in [0.15, 0.2) is 0 Å². The SMILES string of the molecule is C[N+](C)(CCO)CC(=O)CCCCCCC(=O)C[N+](C)(C)CCO.[Cl-].[Cl-]. The van der Waals surface area contributed by atoms with Crippen LogP contribution >= 0.6 is 0 Å². The van der Waals surface area contributed by atoms with Gasteiger partial charge in [0.05, 0.1) is 41.4 Å². The molecule has 0 radical (unpaired) electrons. The maximum atomic E-state index is 11.9. The topological polar surface area (TPSA) is 74.6 Å². The number of nitrogens with zero attached hydrogens (tertiary/aromatic N) is 2. The van der Waals surface area contributed by atoms with E-state index in [0.29, 0.717) is 48.0 Å². The van der Waals surface area contributed by atoms with Crippen LogP contribution in [0.3, 0.4) is 0 Å². The van der Waals surface area contributed by atoms with Crippen LogP contribution < -0.4 is 24.8 Å². The monoisotopic (exact) mass is 416 g/mol. The van der Waals surface area contributed by atoms with Gasteiger partial charge in [-0.1, -0.05) is 12.8 Å². The van der Waals surface area contributed by atoms with Gasteiger partial charge in [-0.05, 0) is 12.8 Å². The predicted molar refractivity (Wildman–Crippen MR) is 95.6 cm³/mol. The zero-order valence-electron chi connectivity index (χ0n) is 16.8. The lowest BCUT2D eigenvalue weighted by molar-refractivity contribution is -0.882. The minimum atomic E-state index is 0. The van der Waals surface area contributed by atoms with Gasteiger partial charge in [-0.25, -0.2) is 0 Å². The highest BCUT2D eigenvalue weighted by atomic mass is 35.5. The van der Waals surface area contributed by atoms with Crippen LogP contribution in [-0.2, 0) is 9.59 Å². The molecule has 0 aliphatic carbocycles. The second-order valence-electron chi connectivity index (χ2n) is 8.07. The largest absolute Gasteiger partial charge is 1.00 e. The summed E-state index contributed by atoms with van der Waals surface area (Å²) in [5, 5.41) is 17.9. The molecule has 0 unspecified atom stereocenters. The average molecular weight is 417 g/mol. The molecule has 0 bridgehead atoms. The van der Waals surface area contributed by atoms with Crippen molar-refractivity contribution in [3.8, 4) is 0 Å². The Morgan fingerprint density at radius 1 is 0.654 bits per heavy atom. The number of unbranched alkanes of at least 4 members (excludes halogenated alkanes) is 3. The number of hydrogen-bond acceptors (Lipinski definition) is 4. The summed E-state index contributed by atoms with van der Waals surface area (Å²) in [7, 11) is 7.82. The Balaban J connectivity index is -0.00000264. The molecule has 0 atom stereocenters. The van der Waals surface area contributed by atoms with E-state index >= 15 is 0 Å². The molecule has 8 heteroatoms. The third-order valence-corrected chi connectivity index (χ3v) is 4.28. The molecule has 0 spiro atoms.